The molecule has 126 valence electrons. The average Bonchev–Trinajstić information content (AvgIpc) is 2.62. The summed E-state index contributed by atoms with van der Waals surface area (Å²) in [5.41, 5.74) is 8.91. The van der Waals surface area contributed by atoms with Crippen LogP contribution in [-0.2, 0) is 10.2 Å². The van der Waals surface area contributed by atoms with Crippen molar-refractivity contribution in [1.82, 2.24) is 0 Å². The number of nitrogens with two attached hydrogens (primary N) is 1. The van der Waals surface area contributed by atoms with Gasteiger partial charge in [-0.3, -0.25) is 0 Å². The zero-order valence-electron chi connectivity index (χ0n) is 13.9. The summed E-state index contributed by atoms with van der Waals surface area (Å²) < 4.78 is 4.86. The number of ether oxygens (including phenoxy) is 1. The summed E-state index contributed by atoms with van der Waals surface area (Å²) in [5.74, 6) is -0.150. The SMILES string of the molecule is COC(=O)c1cc(C2(c3ccc(O)cc3)CCCCC2)ccc1N. The summed E-state index contributed by atoms with van der Waals surface area (Å²) >= 11 is 0. The lowest BCUT2D eigenvalue weighted by molar-refractivity contribution is 0.0601. The number of esters is 1. The van der Waals surface area contributed by atoms with Crippen molar-refractivity contribution < 1.29 is 14.6 Å². The van der Waals surface area contributed by atoms with Crippen LogP contribution in [0, 0.1) is 0 Å². The summed E-state index contributed by atoms with van der Waals surface area (Å²) in [5, 5.41) is 9.62. The fraction of sp³-hybridized carbons (Fsp3) is 0.350. The van der Waals surface area contributed by atoms with E-state index in [-0.39, 0.29) is 11.2 Å². The summed E-state index contributed by atoms with van der Waals surface area (Å²) in [4.78, 5) is 12.0. The van der Waals surface area contributed by atoms with Crippen LogP contribution in [0.1, 0.15) is 53.6 Å². The molecule has 1 aliphatic rings. The fourth-order valence-corrected chi connectivity index (χ4v) is 3.82. The minimum atomic E-state index is -0.411. The first kappa shape index (κ1) is 16.4. The molecule has 1 fully saturated rings. The fourth-order valence-electron chi connectivity index (χ4n) is 3.82. The first-order valence-electron chi connectivity index (χ1n) is 8.35. The summed E-state index contributed by atoms with van der Waals surface area (Å²) in [6.07, 6.45) is 5.53. The second-order valence-electron chi connectivity index (χ2n) is 6.48. The van der Waals surface area contributed by atoms with Crippen LogP contribution >= 0.6 is 0 Å². The van der Waals surface area contributed by atoms with Gasteiger partial charge in [-0.2, -0.15) is 0 Å². The molecule has 0 aliphatic heterocycles. The lowest BCUT2D eigenvalue weighted by Crippen LogP contribution is -2.30. The van der Waals surface area contributed by atoms with Gasteiger partial charge < -0.3 is 15.6 Å². The number of aromatic hydroxyl groups is 1. The molecule has 0 spiro atoms. The third-order valence-electron chi connectivity index (χ3n) is 5.14. The standard InChI is InChI=1S/C20H23NO3/c1-24-19(23)17-13-15(7-10-18(17)21)20(11-3-2-4-12-20)14-5-8-16(22)9-6-14/h5-10,13,22H,2-4,11-12,21H2,1H3. The van der Waals surface area contributed by atoms with Crippen LogP contribution < -0.4 is 5.73 Å². The van der Waals surface area contributed by atoms with Crippen molar-refractivity contribution in [3.63, 3.8) is 0 Å². The number of hydrogen-bond donors (Lipinski definition) is 2. The second-order valence-corrected chi connectivity index (χ2v) is 6.48. The predicted octanol–water partition coefficient (Wildman–Crippen LogP) is 4.01. The van der Waals surface area contributed by atoms with Gasteiger partial charge in [0.25, 0.3) is 0 Å². The molecule has 24 heavy (non-hydrogen) atoms. The maximum atomic E-state index is 12.0. The molecule has 3 N–H and O–H groups in total. The molecule has 1 aliphatic carbocycles. The van der Waals surface area contributed by atoms with Gasteiger partial charge in [0.2, 0.25) is 0 Å². The Hall–Kier alpha value is -2.49. The minimum Gasteiger partial charge on any atom is -0.508 e. The minimum absolute atomic E-state index is 0.150. The molecule has 0 heterocycles. The number of methoxy groups -OCH3 is 1. The first-order chi connectivity index (χ1) is 11.6. The molecule has 0 unspecified atom stereocenters. The van der Waals surface area contributed by atoms with Crippen LogP contribution in [0.25, 0.3) is 0 Å². The van der Waals surface area contributed by atoms with E-state index in [0.29, 0.717) is 11.3 Å². The van der Waals surface area contributed by atoms with E-state index in [1.165, 1.54) is 19.1 Å². The maximum absolute atomic E-state index is 12.0. The van der Waals surface area contributed by atoms with Gasteiger partial charge in [0.05, 0.1) is 12.7 Å². The lowest BCUT2D eigenvalue weighted by atomic mass is 9.65. The van der Waals surface area contributed by atoms with Crippen LogP contribution in [0.3, 0.4) is 0 Å². The smallest absolute Gasteiger partial charge is 0.339 e. The Balaban J connectivity index is 2.13. The molecule has 0 saturated heterocycles. The van der Waals surface area contributed by atoms with Crippen molar-refractivity contribution in [1.29, 1.82) is 0 Å². The number of benzene rings is 2. The number of carbonyl (C=O) groups is 1. The van der Waals surface area contributed by atoms with Crippen LogP contribution in [0.2, 0.25) is 0 Å². The Morgan fingerprint density at radius 1 is 1.04 bits per heavy atom. The van der Waals surface area contributed by atoms with Crippen molar-refractivity contribution in [2.24, 2.45) is 0 Å². The Kier molecular flexibility index (Phi) is 4.47. The topological polar surface area (TPSA) is 72.5 Å². The molecule has 3 rings (SSSR count). The van der Waals surface area contributed by atoms with Crippen molar-refractivity contribution >= 4 is 11.7 Å². The Bertz CT molecular complexity index is 731. The van der Waals surface area contributed by atoms with Crippen molar-refractivity contribution in [2.75, 3.05) is 12.8 Å². The zero-order chi connectivity index (χ0) is 17.2. The quantitative estimate of drug-likeness (QED) is 0.660. The Labute approximate surface area is 142 Å². The third kappa shape index (κ3) is 2.84. The number of rotatable bonds is 3. The average molecular weight is 325 g/mol. The summed E-state index contributed by atoms with van der Waals surface area (Å²) in [6, 6.07) is 13.1. The van der Waals surface area contributed by atoms with Gasteiger partial charge in [0, 0.05) is 11.1 Å². The highest BCUT2D eigenvalue weighted by molar-refractivity contribution is 5.95. The summed E-state index contributed by atoms with van der Waals surface area (Å²) in [7, 11) is 1.37. The molecule has 0 aromatic heterocycles. The molecular formula is C20H23NO3. The molecule has 0 radical (unpaired) electrons. The largest absolute Gasteiger partial charge is 0.508 e. The molecule has 4 heteroatoms. The van der Waals surface area contributed by atoms with Crippen LogP contribution in [0.5, 0.6) is 5.75 Å². The van der Waals surface area contributed by atoms with Gasteiger partial charge in [-0.1, -0.05) is 37.5 Å². The maximum Gasteiger partial charge on any atom is 0.339 e. The van der Waals surface area contributed by atoms with E-state index in [4.69, 9.17) is 10.5 Å². The van der Waals surface area contributed by atoms with Gasteiger partial charge in [0.1, 0.15) is 5.75 Å². The molecule has 0 bridgehead atoms. The normalized spacial score (nSPS) is 16.5. The van der Waals surface area contributed by atoms with E-state index in [1.54, 1.807) is 18.2 Å². The molecule has 0 amide bonds. The number of nitrogen functional groups attached to an aromatic ring is 1. The van der Waals surface area contributed by atoms with Crippen molar-refractivity contribution in [2.45, 2.75) is 37.5 Å². The lowest BCUT2D eigenvalue weighted by Gasteiger charge is -2.39. The van der Waals surface area contributed by atoms with E-state index >= 15 is 0 Å². The van der Waals surface area contributed by atoms with Crippen LogP contribution in [-0.4, -0.2) is 18.2 Å². The van der Waals surface area contributed by atoms with Gasteiger partial charge in [-0.15, -0.1) is 0 Å². The van der Waals surface area contributed by atoms with Crippen LogP contribution in [0.15, 0.2) is 42.5 Å². The predicted molar refractivity (Wildman–Crippen MR) is 94.2 cm³/mol. The number of carbonyl (C=O) groups excluding carboxylic acids is 1. The molecule has 2 aromatic rings. The van der Waals surface area contributed by atoms with E-state index in [0.717, 1.165) is 31.2 Å². The highest BCUT2D eigenvalue weighted by Crippen LogP contribution is 2.45. The van der Waals surface area contributed by atoms with E-state index < -0.39 is 5.97 Å². The number of phenols is 1. The van der Waals surface area contributed by atoms with Crippen LogP contribution in [0.4, 0.5) is 5.69 Å². The third-order valence-corrected chi connectivity index (χ3v) is 5.14. The van der Waals surface area contributed by atoms with E-state index in [2.05, 4.69) is 0 Å². The zero-order valence-corrected chi connectivity index (χ0v) is 13.9. The van der Waals surface area contributed by atoms with Gasteiger partial charge in [-0.25, -0.2) is 4.79 Å². The Morgan fingerprint density at radius 3 is 2.29 bits per heavy atom. The van der Waals surface area contributed by atoms with Gasteiger partial charge in [0.15, 0.2) is 0 Å². The van der Waals surface area contributed by atoms with Gasteiger partial charge in [-0.05, 0) is 48.2 Å². The number of phenolic OH excluding ortho intramolecular Hbond substituents is 1. The van der Waals surface area contributed by atoms with Crippen molar-refractivity contribution in [3.8, 4) is 5.75 Å². The van der Waals surface area contributed by atoms with Gasteiger partial charge >= 0.3 is 5.97 Å². The number of hydrogen-bond acceptors (Lipinski definition) is 4. The number of anilines is 1. The van der Waals surface area contributed by atoms with E-state index in [9.17, 15) is 9.90 Å². The highest BCUT2D eigenvalue weighted by Gasteiger charge is 2.36. The first-order valence-corrected chi connectivity index (χ1v) is 8.35. The monoisotopic (exact) mass is 325 g/mol. The van der Waals surface area contributed by atoms with E-state index in [1.807, 2.05) is 24.3 Å². The molecule has 0 atom stereocenters. The summed E-state index contributed by atoms with van der Waals surface area (Å²) in [6.45, 7) is 0. The van der Waals surface area contributed by atoms with Crippen molar-refractivity contribution in [3.05, 3.63) is 59.2 Å². The molecule has 1 saturated carbocycles. The molecule has 2 aromatic carbocycles. The Morgan fingerprint density at radius 2 is 1.67 bits per heavy atom. The molecular weight excluding hydrogens is 302 g/mol. The second kappa shape index (κ2) is 6.56. The highest BCUT2D eigenvalue weighted by atomic mass is 16.5. The molecule has 4 nitrogen and oxygen atoms in total.